The van der Waals surface area contributed by atoms with Crippen LogP contribution < -0.4 is 20.9 Å². The fraction of sp³-hybridized carbons (Fsp3) is 0.222. The van der Waals surface area contributed by atoms with Gasteiger partial charge in [-0.3, -0.25) is 15.6 Å². The fourth-order valence-corrected chi connectivity index (χ4v) is 2.31. The Balaban J connectivity index is 1.83. The van der Waals surface area contributed by atoms with Crippen molar-refractivity contribution >= 4 is 40.5 Å². The summed E-state index contributed by atoms with van der Waals surface area (Å²) in [6, 6.07) is 12.8. The Hall–Kier alpha value is -2.31. The molecule has 0 aromatic heterocycles. The van der Waals surface area contributed by atoms with E-state index in [0.717, 1.165) is 16.8 Å². The second-order valence-electron chi connectivity index (χ2n) is 5.53. The van der Waals surface area contributed by atoms with E-state index in [2.05, 4.69) is 16.2 Å². The van der Waals surface area contributed by atoms with Gasteiger partial charge in [0.05, 0.1) is 0 Å². The highest BCUT2D eigenvalue weighted by atomic mass is 35.5. The van der Waals surface area contributed by atoms with E-state index in [9.17, 15) is 4.79 Å². The maximum Gasteiger partial charge on any atom is 0.279 e. The number of carbonyl (C=O) groups is 1. The molecule has 1 atom stereocenters. The van der Waals surface area contributed by atoms with Gasteiger partial charge >= 0.3 is 0 Å². The minimum atomic E-state index is -0.675. The van der Waals surface area contributed by atoms with Gasteiger partial charge in [0.25, 0.3) is 5.91 Å². The third-order valence-corrected chi connectivity index (χ3v) is 4.09. The van der Waals surface area contributed by atoms with Gasteiger partial charge in [-0.15, -0.1) is 0 Å². The van der Waals surface area contributed by atoms with Crippen molar-refractivity contribution in [3.63, 3.8) is 0 Å². The number of thiocarbonyl (C=S) groups is 1. The lowest BCUT2D eigenvalue weighted by Crippen LogP contribution is -2.48. The first-order valence-electron chi connectivity index (χ1n) is 7.72. The number of halogens is 1. The number of aryl methyl sites for hydroxylation is 1. The van der Waals surface area contributed by atoms with Gasteiger partial charge in [0.2, 0.25) is 0 Å². The monoisotopic (exact) mass is 377 g/mol. The number of hydrogen-bond donors (Lipinski definition) is 3. The lowest BCUT2D eigenvalue weighted by atomic mass is 10.1. The molecule has 1 amide bonds. The van der Waals surface area contributed by atoms with E-state index in [4.69, 9.17) is 28.6 Å². The molecule has 0 heterocycles. The Morgan fingerprint density at radius 1 is 1.12 bits per heavy atom. The lowest BCUT2D eigenvalue weighted by molar-refractivity contribution is -0.127. The molecule has 0 saturated heterocycles. The van der Waals surface area contributed by atoms with E-state index in [0.29, 0.717) is 10.8 Å². The number of nitrogens with one attached hydrogen (secondary N) is 3. The Kier molecular flexibility index (Phi) is 6.61. The van der Waals surface area contributed by atoms with Crippen molar-refractivity contribution in [1.29, 1.82) is 0 Å². The molecule has 25 heavy (non-hydrogen) atoms. The SMILES string of the molecule is Cc1cccc(O[C@H](C)C(=O)NNC(=S)Nc2ccc(Cl)cc2)c1C. The Labute approximate surface area is 157 Å². The average molecular weight is 378 g/mol. The summed E-state index contributed by atoms with van der Waals surface area (Å²) in [7, 11) is 0. The van der Waals surface area contributed by atoms with Crippen molar-refractivity contribution in [3.05, 3.63) is 58.6 Å². The molecule has 0 fully saturated rings. The standard InChI is InChI=1S/C18H20ClN3O2S/c1-11-5-4-6-16(12(11)2)24-13(3)17(23)21-22-18(25)20-15-9-7-14(19)8-10-15/h4-10,13H,1-3H3,(H,21,23)(H2,20,22,25)/t13-/m1/s1. The van der Waals surface area contributed by atoms with Crippen LogP contribution in [0.4, 0.5) is 5.69 Å². The number of ether oxygens (including phenoxy) is 1. The van der Waals surface area contributed by atoms with Gasteiger partial charge in [-0.25, -0.2) is 0 Å². The van der Waals surface area contributed by atoms with Crippen LogP contribution >= 0.6 is 23.8 Å². The minimum absolute atomic E-state index is 0.259. The van der Waals surface area contributed by atoms with E-state index in [-0.39, 0.29) is 11.0 Å². The third-order valence-electron chi connectivity index (χ3n) is 3.63. The van der Waals surface area contributed by atoms with Crippen LogP contribution in [0, 0.1) is 13.8 Å². The van der Waals surface area contributed by atoms with Crippen molar-refractivity contribution in [2.24, 2.45) is 0 Å². The molecule has 132 valence electrons. The van der Waals surface area contributed by atoms with Crippen molar-refractivity contribution in [2.75, 3.05) is 5.32 Å². The Bertz CT molecular complexity index is 765. The van der Waals surface area contributed by atoms with Crippen LogP contribution in [0.3, 0.4) is 0 Å². The number of rotatable bonds is 4. The molecular formula is C18H20ClN3O2S. The molecule has 5 nitrogen and oxygen atoms in total. The molecule has 3 N–H and O–H groups in total. The largest absolute Gasteiger partial charge is 0.481 e. The molecular weight excluding hydrogens is 358 g/mol. The first kappa shape index (κ1) is 19.0. The van der Waals surface area contributed by atoms with Crippen LogP contribution in [-0.4, -0.2) is 17.1 Å². The average Bonchev–Trinajstić information content (AvgIpc) is 2.58. The van der Waals surface area contributed by atoms with E-state index in [1.165, 1.54) is 0 Å². The molecule has 0 radical (unpaired) electrons. The summed E-state index contributed by atoms with van der Waals surface area (Å²) in [6.07, 6.45) is -0.675. The van der Waals surface area contributed by atoms with E-state index in [1.807, 2.05) is 32.0 Å². The zero-order valence-electron chi connectivity index (χ0n) is 14.2. The quantitative estimate of drug-likeness (QED) is 0.559. The molecule has 7 heteroatoms. The topological polar surface area (TPSA) is 62.4 Å². The molecule has 0 saturated carbocycles. The summed E-state index contributed by atoms with van der Waals surface area (Å²) in [4.78, 5) is 12.1. The molecule has 0 unspecified atom stereocenters. The normalized spacial score (nSPS) is 11.4. The number of hydrazine groups is 1. The summed E-state index contributed by atoms with van der Waals surface area (Å²) in [6.45, 7) is 5.63. The summed E-state index contributed by atoms with van der Waals surface area (Å²) in [5.74, 6) is 0.352. The molecule has 0 aliphatic carbocycles. The summed E-state index contributed by atoms with van der Waals surface area (Å²) in [5, 5.41) is 3.83. The highest BCUT2D eigenvalue weighted by molar-refractivity contribution is 7.80. The second-order valence-corrected chi connectivity index (χ2v) is 6.38. The number of benzene rings is 2. The zero-order chi connectivity index (χ0) is 18.4. The number of anilines is 1. The molecule has 0 aliphatic heterocycles. The molecule has 2 aromatic rings. The molecule has 2 aromatic carbocycles. The smallest absolute Gasteiger partial charge is 0.279 e. The fourth-order valence-electron chi connectivity index (χ4n) is 2.01. The predicted molar refractivity (Wildman–Crippen MR) is 105 cm³/mol. The Morgan fingerprint density at radius 2 is 1.80 bits per heavy atom. The van der Waals surface area contributed by atoms with Crippen LogP contribution in [0.2, 0.25) is 5.02 Å². The van der Waals surface area contributed by atoms with Gasteiger partial charge in [-0.1, -0.05) is 23.7 Å². The van der Waals surface area contributed by atoms with Gasteiger partial charge in [-0.05, 0) is 74.4 Å². The second kappa shape index (κ2) is 8.69. The summed E-state index contributed by atoms with van der Waals surface area (Å²) < 4.78 is 5.72. The van der Waals surface area contributed by atoms with Crippen molar-refractivity contribution in [1.82, 2.24) is 10.9 Å². The van der Waals surface area contributed by atoms with Crippen LogP contribution in [0.15, 0.2) is 42.5 Å². The number of amides is 1. The van der Waals surface area contributed by atoms with Crippen molar-refractivity contribution in [3.8, 4) is 5.75 Å². The summed E-state index contributed by atoms with van der Waals surface area (Å²) >= 11 is 11.0. The van der Waals surface area contributed by atoms with E-state index < -0.39 is 6.10 Å². The minimum Gasteiger partial charge on any atom is -0.481 e. The van der Waals surface area contributed by atoms with Crippen molar-refractivity contribution < 1.29 is 9.53 Å². The van der Waals surface area contributed by atoms with Gasteiger partial charge in [0.15, 0.2) is 11.2 Å². The number of hydrogen-bond acceptors (Lipinski definition) is 3. The van der Waals surface area contributed by atoms with E-state index >= 15 is 0 Å². The predicted octanol–water partition coefficient (Wildman–Crippen LogP) is 3.74. The van der Waals surface area contributed by atoms with Crippen LogP contribution in [0.1, 0.15) is 18.1 Å². The van der Waals surface area contributed by atoms with Gasteiger partial charge in [0.1, 0.15) is 5.75 Å². The van der Waals surface area contributed by atoms with Crippen molar-refractivity contribution in [2.45, 2.75) is 26.9 Å². The molecule has 0 spiro atoms. The highest BCUT2D eigenvalue weighted by Gasteiger charge is 2.16. The number of carbonyl (C=O) groups excluding carboxylic acids is 1. The maximum absolute atomic E-state index is 12.1. The van der Waals surface area contributed by atoms with Gasteiger partial charge < -0.3 is 10.1 Å². The molecule has 2 rings (SSSR count). The highest BCUT2D eigenvalue weighted by Crippen LogP contribution is 2.21. The third kappa shape index (κ3) is 5.62. The van der Waals surface area contributed by atoms with Gasteiger partial charge in [-0.2, -0.15) is 0 Å². The van der Waals surface area contributed by atoms with Crippen LogP contribution in [-0.2, 0) is 4.79 Å². The lowest BCUT2D eigenvalue weighted by Gasteiger charge is -2.18. The maximum atomic E-state index is 12.1. The van der Waals surface area contributed by atoms with E-state index in [1.54, 1.807) is 31.2 Å². The van der Waals surface area contributed by atoms with Gasteiger partial charge in [0, 0.05) is 10.7 Å². The zero-order valence-corrected chi connectivity index (χ0v) is 15.8. The molecule has 0 aliphatic rings. The molecule has 0 bridgehead atoms. The van der Waals surface area contributed by atoms with Crippen LogP contribution in [0.5, 0.6) is 5.75 Å². The van der Waals surface area contributed by atoms with Crippen LogP contribution in [0.25, 0.3) is 0 Å². The Morgan fingerprint density at radius 3 is 2.48 bits per heavy atom. The summed E-state index contributed by atoms with van der Waals surface area (Å²) in [5.41, 5.74) is 8.05. The first-order valence-corrected chi connectivity index (χ1v) is 8.50. The first-order chi connectivity index (χ1) is 11.9.